The van der Waals surface area contributed by atoms with Crippen molar-refractivity contribution >= 4 is 57.6 Å². The van der Waals surface area contributed by atoms with Gasteiger partial charge in [0.15, 0.2) is 10.3 Å². The second-order valence-corrected chi connectivity index (χ2v) is 7.87. The summed E-state index contributed by atoms with van der Waals surface area (Å²) >= 11 is 13.5. The minimum atomic E-state index is -0.353. The standard InChI is InChI=1S/C18H18Cl2N4OS/c1-3-9-24-15-7-6-12(19)10-14(15)23-18(24)26-11(2)17(25)22-13-5-4-8-21-16(13)20/h4-8,10-11H,3,9H2,1-2H3,(H,22,25). The largest absolute Gasteiger partial charge is 0.322 e. The molecule has 0 radical (unpaired) electrons. The maximum atomic E-state index is 12.5. The molecule has 136 valence electrons. The number of hydrogen-bond donors (Lipinski definition) is 1. The molecule has 1 atom stereocenters. The summed E-state index contributed by atoms with van der Waals surface area (Å²) in [4.78, 5) is 21.2. The molecule has 3 rings (SSSR count). The zero-order valence-corrected chi connectivity index (χ0v) is 16.7. The van der Waals surface area contributed by atoms with Crippen molar-refractivity contribution in [2.24, 2.45) is 0 Å². The molecule has 8 heteroatoms. The molecule has 5 nitrogen and oxygen atoms in total. The molecule has 0 bridgehead atoms. The van der Waals surface area contributed by atoms with Crippen LogP contribution >= 0.6 is 35.0 Å². The Kier molecular flexibility index (Phi) is 6.06. The van der Waals surface area contributed by atoms with Crippen LogP contribution in [-0.4, -0.2) is 25.7 Å². The van der Waals surface area contributed by atoms with Gasteiger partial charge in [-0.25, -0.2) is 9.97 Å². The number of halogens is 2. The molecule has 1 amide bonds. The molecule has 1 aromatic carbocycles. The van der Waals surface area contributed by atoms with Crippen LogP contribution in [0.4, 0.5) is 5.69 Å². The second-order valence-electron chi connectivity index (χ2n) is 5.77. The number of amides is 1. The smallest absolute Gasteiger partial charge is 0.237 e. The number of imidazole rings is 1. The Morgan fingerprint density at radius 1 is 1.35 bits per heavy atom. The molecule has 0 aliphatic heterocycles. The van der Waals surface area contributed by atoms with Crippen molar-refractivity contribution in [1.29, 1.82) is 0 Å². The first-order chi connectivity index (χ1) is 12.5. The van der Waals surface area contributed by atoms with Gasteiger partial charge in [0.1, 0.15) is 0 Å². The molecule has 2 heterocycles. The number of anilines is 1. The van der Waals surface area contributed by atoms with Gasteiger partial charge in [0.05, 0.1) is 22.0 Å². The van der Waals surface area contributed by atoms with Crippen molar-refractivity contribution < 1.29 is 4.79 Å². The highest BCUT2D eigenvalue weighted by Gasteiger charge is 2.20. The number of nitrogens with one attached hydrogen (secondary N) is 1. The zero-order chi connectivity index (χ0) is 18.7. The molecular formula is C18H18Cl2N4OS. The molecule has 0 fully saturated rings. The van der Waals surface area contributed by atoms with Gasteiger partial charge >= 0.3 is 0 Å². The van der Waals surface area contributed by atoms with Gasteiger partial charge in [0.2, 0.25) is 5.91 Å². The van der Waals surface area contributed by atoms with E-state index in [4.69, 9.17) is 23.2 Å². The Balaban J connectivity index is 1.82. The Morgan fingerprint density at radius 3 is 2.88 bits per heavy atom. The van der Waals surface area contributed by atoms with E-state index in [0.717, 1.165) is 29.2 Å². The van der Waals surface area contributed by atoms with Gasteiger partial charge in [0, 0.05) is 17.8 Å². The van der Waals surface area contributed by atoms with E-state index in [1.54, 1.807) is 18.3 Å². The van der Waals surface area contributed by atoms with Gasteiger partial charge < -0.3 is 9.88 Å². The van der Waals surface area contributed by atoms with Crippen molar-refractivity contribution in [2.75, 3.05) is 5.32 Å². The van der Waals surface area contributed by atoms with Crippen LogP contribution in [0.3, 0.4) is 0 Å². The summed E-state index contributed by atoms with van der Waals surface area (Å²) in [7, 11) is 0. The van der Waals surface area contributed by atoms with Crippen LogP contribution in [0.2, 0.25) is 10.2 Å². The van der Waals surface area contributed by atoms with Crippen LogP contribution in [0.5, 0.6) is 0 Å². The molecule has 0 aliphatic rings. The lowest BCUT2D eigenvalue weighted by atomic mass is 10.3. The number of carbonyl (C=O) groups is 1. The predicted molar refractivity (Wildman–Crippen MR) is 108 cm³/mol. The molecule has 0 saturated heterocycles. The summed E-state index contributed by atoms with van der Waals surface area (Å²) in [5.41, 5.74) is 2.35. The van der Waals surface area contributed by atoms with Crippen molar-refractivity contribution in [1.82, 2.24) is 14.5 Å². The SMILES string of the molecule is CCCn1c(SC(C)C(=O)Nc2cccnc2Cl)nc2cc(Cl)ccc21. The molecule has 1 unspecified atom stereocenters. The summed E-state index contributed by atoms with van der Waals surface area (Å²) < 4.78 is 2.12. The first-order valence-electron chi connectivity index (χ1n) is 8.23. The number of fused-ring (bicyclic) bond motifs is 1. The second kappa shape index (κ2) is 8.29. The fraction of sp³-hybridized carbons (Fsp3) is 0.278. The van der Waals surface area contributed by atoms with Gasteiger partial charge in [-0.15, -0.1) is 0 Å². The van der Waals surface area contributed by atoms with E-state index in [1.807, 2.05) is 25.1 Å². The molecule has 0 saturated carbocycles. The lowest BCUT2D eigenvalue weighted by Gasteiger charge is -2.13. The first kappa shape index (κ1) is 19.0. The van der Waals surface area contributed by atoms with Gasteiger partial charge in [-0.1, -0.05) is 41.9 Å². The van der Waals surface area contributed by atoms with Crippen molar-refractivity contribution in [3.05, 3.63) is 46.7 Å². The van der Waals surface area contributed by atoms with E-state index in [-0.39, 0.29) is 16.3 Å². The topological polar surface area (TPSA) is 59.8 Å². The summed E-state index contributed by atoms with van der Waals surface area (Å²) in [5.74, 6) is -0.155. The predicted octanol–water partition coefficient (Wildman–Crippen LogP) is 5.27. The number of pyridine rings is 1. The van der Waals surface area contributed by atoms with Crippen molar-refractivity contribution in [3.8, 4) is 0 Å². The fourth-order valence-corrected chi connectivity index (χ4v) is 3.82. The lowest BCUT2D eigenvalue weighted by Crippen LogP contribution is -2.23. The monoisotopic (exact) mass is 408 g/mol. The third kappa shape index (κ3) is 4.14. The lowest BCUT2D eigenvalue weighted by molar-refractivity contribution is -0.115. The minimum Gasteiger partial charge on any atom is -0.322 e. The summed E-state index contributed by atoms with van der Waals surface area (Å²) in [6, 6.07) is 9.10. The number of aryl methyl sites for hydroxylation is 1. The number of rotatable bonds is 6. The van der Waals surface area contributed by atoms with Crippen LogP contribution in [0.25, 0.3) is 11.0 Å². The van der Waals surface area contributed by atoms with Gasteiger partial charge in [0.25, 0.3) is 0 Å². The van der Waals surface area contributed by atoms with Crippen LogP contribution in [0, 0.1) is 0 Å². The normalized spacial score (nSPS) is 12.3. The minimum absolute atomic E-state index is 0.155. The Hall–Kier alpha value is -1.76. The van der Waals surface area contributed by atoms with Gasteiger partial charge in [-0.2, -0.15) is 0 Å². The average molecular weight is 409 g/mol. The highest BCUT2D eigenvalue weighted by molar-refractivity contribution is 8.00. The third-order valence-corrected chi connectivity index (χ3v) is 5.42. The maximum Gasteiger partial charge on any atom is 0.237 e. The molecule has 0 aliphatic carbocycles. The molecule has 26 heavy (non-hydrogen) atoms. The number of benzene rings is 1. The van der Waals surface area contributed by atoms with Gasteiger partial charge in [-0.3, -0.25) is 4.79 Å². The Morgan fingerprint density at radius 2 is 2.15 bits per heavy atom. The quantitative estimate of drug-likeness (QED) is 0.445. The highest BCUT2D eigenvalue weighted by atomic mass is 35.5. The molecule has 3 aromatic rings. The maximum absolute atomic E-state index is 12.5. The van der Waals surface area contributed by atoms with Crippen LogP contribution in [0.15, 0.2) is 41.7 Å². The van der Waals surface area contributed by atoms with E-state index in [2.05, 4.69) is 26.8 Å². The summed E-state index contributed by atoms with van der Waals surface area (Å²) in [6.07, 6.45) is 2.54. The van der Waals surface area contributed by atoms with E-state index in [0.29, 0.717) is 10.7 Å². The third-order valence-electron chi connectivity index (χ3n) is 3.79. The number of thioether (sulfide) groups is 1. The number of hydrogen-bond acceptors (Lipinski definition) is 4. The van der Waals surface area contributed by atoms with Crippen molar-refractivity contribution in [2.45, 2.75) is 37.2 Å². The molecule has 1 N–H and O–H groups in total. The number of nitrogens with zero attached hydrogens (tertiary/aromatic N) is 3. The van der Waals surface area contributed by atoms with Crippen LogP contribution in [-0.2, 0) is 11.3 Å². The van der Waals surface area contributed by atoms with E-state index < -0.39 is 0 Å². The zero-order valence-electron chi connectivity index (χ0n) is 14.4. The van der Waals surface area contributed by atoms with Crippen molar-refractivity contribution in [3.63, 3.8) is 0 Å². The van der Waals surface area contributed by atoms with Crippen LogP contribution < -0.4 is 5.32 Å². The van der Waals surface area contributed by atoms with E-state index in [9.17, 15) is 4.79 Å². The fourth-order valence-electron chi connectivity index (χ4n) is 2.54. The van der Waals surface area contributed by atoms with E-state index in [1.165, 1.54) is 11.8 Å². The number of carbonyl (C=O) groups excluding carboxylic acids is 1. The molecule has 2 aromatic heterocycles. The Labute approximate surface area is 166 Å². The van der Waals surface area contributed by atoms with E-state index >= 15 is 0 Å². The van der Waals surface area contributed by atoms with Crippen LogP contribution in [0.1, 0.15) is 20.3 Å². The molecule has 0 spiro atoms. The highest BCUT2D eigenvalue weighted by Crippen LogP contribution is 2.30. The summed E-state index contributed by atoms with van der Waals surface area (Å²) in [5, 5.41) is 4.17. The number of aromatic nitrogens is 3. The first-order valence-corrected chi connectivity index (χ1v) is 9.87. The summed E-state index contributed by atoms with van der Waals surface area (Å²) in [6.45, 7) is 4.77. The average Bonchev–Trinajstić information content (AvgIpc) is 2.93. The molecular weight excluding hydrogens is 391 g/mol. The van der Waals surface area contributed by atoms with Gasteiger partial charge in [-0.05, 0) is 43.7 Å². The Bertz CT molecular complexity index is 944.